The average Bonchev–Trinajstić information content (AvgIpc) is 2.98. The van der Waals surface area contributed by atoms with Crippen LogP contribution in [0.15, 0.2) is 71.6 Å². The number of ether oxygens (including phenoxy) is 1. The number of anilines is 3. The predicted octanol–water partition coefficient (Wildman–Crippen LogP) is 2.51. The van der Waals surface area contributed by atoms with Gasteiger partial charge in [0.1, 0.15) is 5.75 Å². The fourth-order valence-electron chi connectivity index (χ4n) is 4.19. The maximum Gasteiger partial charge on any atom is 0.263 e. The molecule has 0 saturated heterocycles. The minimum absolute atomic E-state index is 0.0152. The van der Waals surface area contributed by atoms with E-state index in [1.54, 1.807) is 36.3 Å². The van der Waals surface area contributed by atoms with Crippen molar-refractivity contribution in [2.75, 3.05) is 56.5 Å². The molecular formula is C29H34N6O6S. The number of benzene rings is 3. The number of aliphatic hydroxyl groups excluding tert-OH is 2. The summed E-state index contributed by atoms with van der Waals surface area (Å²) in [5.41, 5.74) is 2.76. The van der Waals surface area contributed by atoms with Crippen LogP contribution in [0.3, 0.4) is 0 Å². The summed E-state index contributed by atoms with van der Waals surface area (Å²) in [6, 6.07) is 18.2. The summed E-state index contributed by atoms with van der Waals surface area (Å²) in [7, 11) is -2.63. The molecule has 0 saturated carbocycles. The number of nitrogens with zero attached hydrogens (tertiary/aromatic N) is 3. The summed E-state index contributed by atoms with van der Waals surface area (Å²) in [5.74, 6) is 0.335. The molecule has 4 rings (SSSR count). The Morgan fingerprint density at radius 2 is 1.60 bits per heavy atom. The molecule has 0 atom stereocenters. The molecule has 12 nitrogen and oxygen atoms in total. The van der Waals surface area contributed by atoms with Gasteiger partial charge < -0.3 is 25.6 Å². The molecule has 5 N–H and O–H groups in total. The largest absolute Gasteiger partial charge is 0.497 e. The van der Waals surface area contributed by atoms with Gasteiger partial charge in [-0.25, -0.2) is 18.4 Å². The minimum atomic E-state index is -4.19. The normalized spacial score (nSPS) is 11.5. The van der Waals surface area contributed by atoms with Gasteiger partial charge in [-0.2, -0.15) is 0 Å². The number of sulfonamides is 1. The Kier molecular flexibility index (Phi) is 10.3. The van der Waals surface area contributed by atoms with Gasteiger partial charge in [0.2, 0.25) is 0 Å². The molecule has 0 aliphatic rings. The number of fused-ring (bicyclic) bond motifs is 1. The van der Waals surface area contributed by atoms with Crippen molar-refractivity contribution in [1.29, 1.82) is 0 Å². The maximum absolute atomic E-state index is 13.5. The van der Waals surface area contributed by atoms with Crippen LogP contribution in [-0.2, 0) is 10.0 Å². The zero-order valence-electron chi connectivity index (χ0n) is 23.4. The summed E-state index contributed by atoms with van der Waals surface area (Å²) >= 11 is 0. The van der Waals surface area contributed by atoms with Crippen molar-refractivity contribution in [3.05, 3.63) is 77.9 Å². The molecule has 13 heteroatoms. The lowest BCUT2D eigenvalue weighted by molar-refractivity contribution is 0.0944. The Morgan fingerprint density at radius 1 is 0.905 bits per heavy atom. The summed E-state index contributed by atoms with van der Waals surface area (Å²) in [6.45, 7) is 3.14. The molecule has 4 aromatic rings. The van der Waals surface area contributed by atoms with Crippen molar-refractivity contribution in [3.63, 3.8) is 0 Å². The molecule has 222 valence electrons. The SMILES string of the molecule is COc1ccc(C)c(Nc2nc3ccccc3nc2NS(=O)(=O)c2cccc(C(=O)NCCN(CCO)CCO)c2)c1. The van der Waals surface area contributed by atoms with Gasteiger partial charge in [0, 0.05) is 43.5 Å². The Balaban J connectivity index is 1.58. The lowest BCUT2D eigenvalue weighted by Crippen LogP contribution is -2.37. The third-order valence-electron chi connectivity index (χ3n) is 6.45. The summed E-state index contributed by atoms with van der Waals surface area (Å²) in [6.07, 6.45) is 0. The quantitative estimate of drug-likeness (QED) is 0.146. The number of aryl methyl sites for hydroxylation is 1. The highest BCUT2D eigenvalue weighted by Crippen LogP contribution is 2.30. The average molecular weight is 595 g/mol. The number of carbonyl (C=O) groups is 1. The standard InChI is InChI=1S/C29H34N6O6S/c1-20-10-11-22(41-2)19-26(20)33-27-28(32-25-9-4-3-8-24(25)31-27)34-42(39,40)23-7-5-6-21(18-23)29(38)30-12-13-35(14-16-36)15-17-37/h3-11,18-19,36-37H,12-17H2,1-2H3,(H,30,38)(H,31,33)(H,32,34). The van der Waals surface area contributed by atoms with Crippen LogP contribution in [0.1, 0.15) is 15.9 Å². The molecular weight excluding hydrogens is 560 g/mol. The Morgan fingerprint density at radius 3 is 2.26 bits per heavy atom. The van der Waals surface area contributed by atoms with E-state index in [9.17, 15) is 13.2 Å². The minimum Gasteiger partial charge on any atom is -0.497 e. The van der Waals surface area contributed by atoms with E-state index in [4.69, 9.17) is 14.9 Å². The van der Waals surface area contributed by atoms with Crippen molar-refractivity contribution >= 4 is 44.3 Å². The number of rotatable bonds is 14. The van der Waals surface area contributed by atoms with Crippen LogP contribution in [0.5, 0.6) is 5.75 Å². The third kappa shape index (κ3) is 7.70. The van der Waals surface area contributed by atoms with Crippen molar-refractivity contribution in [2.24, 2.45) is 0 Å². The number of para-hydroxylation sites is 2. The van der Waals surface area contributed by atoms with Gasteiger partial charge in [-0.05, 0) is 48.9 Å². The first-order valence-electron chi connectivity index (χ1n) is 13.3. The lowest BCUT2D eigenvalue weighted by atomic mass is 10.2. The van der Waals surface area contributed by atoms with Crippen LogP contribution in [0.2, 0.25) is 0 Å². The van der Waals surface area contributed by atoms with Crippen LogP contribution >= 0.6 is 0 Å². The van der Waals surface area contributed by atoms with E-state index in [0.29, 0.717) is 42.1 Å². The molecule has 1 amide bonds. The summed E-state index contributed by atoms with van der Waals surface area (Å²) < 4.78 is 34.9. The first-order chi connectivity index (χ1) is 20.2. The monoisotopic (exact) mass is 594 g/mol. The van der Waals surface area contributed by atoms with Crippen LogP contribution in [0.25, 0.3) is 11.0 Å². The molecule has 0 fully saturated rings. The Hall–Kier alpha value is -4.30. The van der Waals surface area contributed by atoms with Gasteiger partial charge in [-0.15, -0.1) is 0 Å². The fourth-order valence-corrected chi connectivity index (χ4v) is 5.24. The molecule has 42 heavy (non-hydrogen) atoms. The van der Waals surface area contributed by atoms with Crippen LogP contribution in [-0.4, -0.2) is 85.9 Å². The number of amides is 1. The topological polar surface area (TPSA) is 166 Å². The Bertz CT molecular complexity index is 1640. The van der Waals surface area contributed by atoms with E-state index in [2.05, 4.69) is 25.3 Å². The Labute approximate surface area is 244 Å². The van der Waals surface area contributed by atoms with Gasteiger partial charge in [0.15, 0.2) is 11.6 Å². The zero-order chi connectivity index (χ0) is 30.1. The fraction of sp³-hybridized carbons (Fsp3) is 0.276. The van der Waals surface area contributed by atoms with Crippen molar-refractivity contribution in [3.8, 4) is 5.75 Å². The third-order valence-corrected chi connectivity index (χ3v) is 7.79. The van der Waals surface area contributed by atoms with E-state index < -0.39 is 15.9 Å². The van der Waals surface area contributed by atoms with Crippen molar-refractivity contribution in [2.45, 2.75) is 11.8 Å². The number of hydrogen-bond donors (Lipinski definition) is 5. The van der Waals surface area contributed by atoms with Gasteiger partial charge in [0.25, 0.3) is 15.9 Å². The summed E-state index contributed by atoms with van der Waals surface area (Å²) in [4.78, 5) is 23.6. The highest BCUT2D eigenvalue weighted by atomic mass is 32.2. The first-order valence-corrected chi connectivity index (χ1v) is 14.8. The van der Waals surface area contributed by atoms with Gasteiger partial charge in [0.05, 0.1) is 36.3 Å². The summed E-state index contributed by atoms with van der Waals surface area (Å²) in [5, 5.41) is 24.2. The number of carbonyl (C=O) groups excluding carboxylic acids is 1. The van der Waals surface area contributed by atoms with E-state index in [0.717, 1.165) is 5.56 Å². The molecule has 0 spiro atoms. The molecule has 0 unspecified atom stereocenters. The number of hydrogen-bond acceptors (Lipinski definition) is 10. The smallest absolute Gasteiger partial charge is 0.263 e. The first kappa shape index (κ1) is 30.7. The molecule has 3 aromatic carbocycles. The zero-order valence-corrected chi connectivity index (χ0v) is 24.2. The number of aromatic nitrogens is 2. The second kappa shape index (κ2) is 14.0. The molecule has 0 aliphatic heterocycles. The van der Waals surface area contributed by atoms with E-state index in [1.807, 2.05) is 25.1 Å². The van der Waals surface area contributed by atoms with Gasteiger partial charge >= 0.3 is 0 Å². The van der Waals surface area contributed by atoms with Gasteiger partial charge in [-0.3, -0.25) is 14.4 Å². The second-order valence-corrected chi connectivity index (χ2v) is 11.1. The molecule has 0 aliphatic carbocycles. The van der Waals surface area contributed by atoms with E-state index >= 15 is 0 Å². The van der Waals surface area contributed by atoms with Crippen LogP contribution < -0.4 is 20.1 Å². The maximum atomic E-state index is 13.5. The second-order valence-electron chi connectivity index (χ2n) is 9.39. The highest BCUT2D eigenvalue weighted by Gasteiger charge is 2.21. The molecule has 1 aromatic heterocycles. The van der Waals surface area contributed by atoms with E-state index in [-0.39, 0.29) is 41.9 Å². The molecule has 0 radical (unpaired) electrons. The molecule has 1 heterocycles. The number of methoxy groups -OCH3 is 1. The van der Waals surface area contributed by atoms with Gasteiger partial charge in [-0.1, -0.05) is 24.3 Å². The number of aliphatic hydroxyl groups is 2. The highest BCUT2D eigenvalue weighted by molar-refractivity contribution is 7.92. The lowest BCUT2D eigenvalue weighted by Gasteiger charge is -2.20. The van der Waals surface area contributed by atoms with E-state index in [1.165, 1.54) is 24.3 Å². The van der Waals surface area contributed by atoms with Crippen LogP contribution in [0.4, 0.5) is 17.3 Å². The number of nitrogens with one attached hydrogen (secondary N) is 3. The van der Waals surface area contributed by atoms with Crippen LogP contribution in [0, 0.1) is 6.92 Å². The predicted molar refractivity (Wildman–Crippen MR) is 161 cm³/mol. The van der Waals surface area contributed by atoms with Crippen molar-refractivity contribution < 1.29 is 28.2 Å². The van der Waals surface area contributed by atoms with Crippen molar-refractivity contribution in [1.82, 2.24) is 20.2 Å². The molecule has 0 bridgehead atoms.